The molecule has 0 spiro atoms. The lowest BCUT2D eigenvalue weighted by Crippen LogP contribution is -2.50. The van der Waals surface area contributed by atoms with Crippen molar-refractivity contribution in [2.24, 2.45) is 5.92 Å². The molecule has 1 atom stereocenters. The summed E-state index contributed by atoms with van der Waals surface area (Å²) in [5, 5.41) is 10.7. The third-order valence-corrected chi connectivity index (χ3v) is 5.84. The monoisotopic (exact) mass is 437 g/mol. The second-order valence-corrected chi connectivity index (χ2v) is 7.69. The van der Waals surface area contributed by atoms with Gasteiger partial charge in [-0.25, -0.2) is 18.7 Å². The molecule has 1 N–H and O–H groups in total. The van der Waals surface area contributed by atoms with Gasteiger partial charge in [-0.3, -0.25) is 4.79 Å². The predicted octanol–water partition coefficient (Wildman–Crippen LogP) is 5.15. The summed E-state index contributed by atoms with van der Waals surface area (Å²) in [5.41, 5.74) is 2.13. The van der Waals surface area contributed by atoms with Gasteiger partial charge in [-0.2, -0.15) is 0 Å². The van der Waals surface area contributed by atoms with Crippen molar-refractivity contribution in [3.63, 3.8) is 0 Å². The van der Waals surface area contributed by atoms with Crippen LogP contribution in [-0.2, 0) is 4.79 Å². The molecule has 3 aromatic rings. The Bertz CT molecular complexity index is 1110. The lowest BCUT2D eigenvalue weighted by molar-refractivity contribution is -0.158. The van der Waals surface area contributed by atoms with Crippen molar-refractivity contribution in [3.05, 3.63) is 52.8 Å². The summed E-state index contributed by atoms with van der Waals surface area (Å²) in [6.45, 7) is -0.358. The Balaban J connectivity index is 1.86. The van der Waals surface area contributed by atoms with Crippen LogP contribution in [0.3, 0.4) is 0 Å². The molecule has 2 aromatic carbocycles. The zero-order valence-electron chi connectivity index (χ0n) is 14.9. The number of aromatic nitrogens is 2. The van der Waals surface area contributed by atoms with E-state index in [0.29, 0.717) is 26.8 Å². The number of fused-ring (bicyclic) bond motifs is 1. The van der Waals surface area contributed by atoms with Crippen LogP contribution in [0, 0.1) is 5.92 Å². The molecule has 0 unspecified atom stereocenters. The molecule has 1 aromatic heterocycles. The molecular weight excluding hydrogens is 423 g/mol. The van der Waals surface area contributed by atoms with E-state index in [-0.39, 0.29) is 13.1 Å². The summed E-state index contributed by atoms with van der Waals surface area (Å²) in [5.74, 6) is -6.18. The van der Waals surface area contributed by atoms with Gasteiger partial charge in [0.05, 0.1) is 20.9 Å². The number of aliphatic carboxylic acids is 1. The maximum Gasteiger partial charge on any atom is 0.314 e. The molecule has 0 amide bonds. The van der Waals surface area contributed by atoms with Crippen LogP contribution in [-0.4, -0.2) is 40.1 Å². The molecule has 5 nitrogen and oxygen atoms in total. The molecule has 0 radical (unpaired) electrons. The third-order valence-electron chi connectivity index (χ3n) is 5.10. The minimum absolute atomic E-state index is 0.0153. The Morgan fingerprint density at radius 2 is 1.97 bits per heavy atom. The van der Waals surface area contributed by atoms with E-state index in [1.807, 2.05) is 12.1 Å². The molecule has 1 fully saturated rings. The van der Waals surface area contributed by atoms with E-state index >= 15 is 0 Å². The quantitative estimate of drug-likeness (QED) is 0.613. The highest BCUT2D eigenvalue weighted by molar-refractivity contribution is 6.42. The zero-order chi connectivity index (χ0) is 20.8. The standard InChI is InChI=1S/C20H15Cl2F2N3O2/c21-14-5-4-11(8-15(14)22)12-2-1-3-16-17(12)18(26-10-25-16)27-7-6-20(23,24)13(9-27)19(28)29/h1-5,8,10,13H,6-7,9H2,(H,28,29)/t13-/m0/s1. The fourth-order valence-electron chi connectivity index (χ4n) is 3.59. The van der Waals surface area contributed by atoms with Gasteiger partial charge in [-0.1, -0.05) is 41.4 Å². The SMILES string of the molecule is O=C(O)[C@@H]1CN(c2ncnc3cccc(-c4ccc(Cl)c(Cl)c4)c23)CCC1(F)F. The molecule has 29 heavy (non-hydrogen) atoms. The second-order valence-electron chi connectivity index (χ2n) is 6.87. The number of hydrogen-bond acceptors (Lipinski definition) is 4. The lowest BCUT2D eigenvalue weighted by atomic mass is 9.93. The smallest absolute Gasteiger partial charge is 0.314 e. The third kappa shape index (κ3) is 3.60. The maximum atomic E-state index is 14.1. The summed E-state index contributed by atoms with van der Waals surface area (Å²) in [4.78, 5) is 21.6. The fraction of sp³-hybridized carbons (Fsp3) is 0.250. The van der Waals surface area contributed by atoms with E-state index in [1.54, 1.807) is 29.2 Å². The van der Waals surface area contributed by atoms with Gasteiger partial charge < -0.3 is 10.0 Å². The van der Waals surface area contributed by atoms with Gasteiger partial charge in [-0.15, -0.1) is 0 Å². The van der Waals surface area contributed by atoms with Gasteiger partial charge in [0.25, 0.3) is 5.92 Å². The predicted molar refractivity (Wildman–Crippen MR) is 108 cm³/mol. The number of benzene rings is 2. The molecule has 150 valence electrons. The molecule has 9 heteroatoms. The van der Waals surface area contributed by atoms with E-state index in [4.69, 9.17) is 23.2 Å². The topological polar surface area (TPSA) is 66.3 Å². The number of carboxylic acid groups (broad SMARTS) is 1. The van der Waals surface area contributed by atoms with E-state index in [2.05, 4.69) is 9.97 Å². The lowest BCUT2D eigenvalue weighted by Gasteiger charge is -2.37. The van der Waals surface area contributed by atoms with Crippen LogP contribution in [0.15, 0.2) is 42.7 Å². The molecular formula is C20H15Cl2F2N3O2. The number of nitrogens with zero attached hydrogens (tertiary/aromatic N) is 3. The Hall–Kier alpha value is -2.51. The highest BCUT2D eigenvalue weighted by atomic mass is 35.5. The first-order chi connectivity index (χ1) is 13.8. The van der Waals surface area contributed by atoms with Crippen molar-refractivity contribution in [1.82, 2.24) is 9.97 Å². The van der Waals surface area contributed by atoms with Crippen molar-refractivity contribution in [2.45, 2.75) is 12.3 Å². The largest absolute Gasteiger partial charge is 0.481 e. The average molecular weight is 438 g/mol. The van der Waals surface area contributed by atoms with Gasteiger partial charge in [0.2, 0.25) is 0 Å². The first kappa shape index (κ1) is 19.8. The number of anilines is 1. The van der Waals surface area contributed by atoms with Crippen LogP contribution in [0.5, 0.6) is 0 Å². The molecule has 1 aliphatic heterocycles. The van der Waals surface area contributed by atoms with Gasteiger partial charge in [0.15, 0.2) is 0 Å². The van der Waals surface area contributed by atoms with E-state index in [9.17, 15) is 18.7 Å². The summed E-state index contributed by atoms with van der Waals surface area (Å²) in [6.07, 6.45) is 0.781. The maximum absolute atomic E-state index is 14.1. The second kappa shape index (κ2) is 7.39. The minimum Gasteiger partial charge on any atom is -0.481 e. The van der Waals surface area contributed by atoms with Crippen molar-refractivity contribution in [1.29, 1.82) is 0 Å². The highest BCUT2D eigenvalue weighted by Gasteiger charge is 2.49. The average Bonchev–Trinajstić information content (AvgIpc) is 2.69. The van der Waals surface area contributed by atoms with Crippen molar-refractivity contribution >= 4 is 45.9 Å². The summed E-state index contributed by atoms with van der Waals surface area (Å²) in [6, 6.07) is 10.6. The van der Waals surface area contributed by atoms with Gasteiger partial charge in [-0.05, 0) is 29.3 Å². The number of hydrogen-bond donors (Lipinski definition) is 1. The Kier molecular flexibility index (Phi) is 5.04. The van der Waals surface area contributed by atoms with Crippen molar-refractivity contribution < 1.29 is 18.7 Å². The molecule has 1 saturated heterocycles. The minimum atomic E-state index is -3.27. The summed E-state index contributed by atoms with van der Waals surface area (Å²) >= 11 is 12.2. The Labute approximate surface area is 174 Å². The first-order valence-corrected chi connectivity index (χ1v) is 9.58. The summed E-state index contributed by atoms with van der Waals surface area (Å²) in [7, 11) is 0. The van der Waals surface area contributed by atoms with Crippen LogP contribution >= 0.6 is 23.2 Å². The van der Waals surface area contributed by atoms with E-state index in [0.717, 1.165) is 11.1 Å². The van der Waals surface area contributed by atoms with E-state index < -0.39 is 24.2 Å². The summed E-state index contributed by atoms with van der Waals surface area (Å²) < 4.78 is 28.2. The number of carbonyl (C=O) groups is 1. The van der Waals surface area contributed by atoms with Gasteiger partial charge in [0.1, 0.15) is 18.1 Å². The fourth-order valence-corrected chi connectivity index (χ4v) is 3.89. The van der Waals surface area contributed by atoms with Gasteiger partial charge in [0, 0.05) is 19.5 Å². The van der Waals surface area contributed by atoms with Crippen LogP contribution in [0.2, 0.25) is 10.0 Å². The molecule has 0 saturated carbocycles. The van der Waals surface area contributed by atoms with Crippen LogP contribution in [0.4, 0.5) is 14.6 Å². The van der Waals surface area contributed by atoms with Crippen LogP contribution in [0.1, 0.15) is 6.42 Å². The number of alkyl halides is 2. The van der Waals surface area contributed by atoms with E-state index in [1.165, 1.54) is 6.33 Å². The van der Waals surface area contributed by atoms with Crippen molar-refractivity contribution in [3.8, 4) is 11.1 Å². The van der Waals surface area contributed by atoms with Crippen LogP contribution < -0.4 is 4.90 Å². The normalized spacial score (nSPS) is 18.8. The molecule has 0 bridgehead atoms. The number of piperidine rings is 1. The first-order valence-electron chi connectivity index (χ1n) is 8.82. The molecule has 1 aliphatic rings. The Morgan fingerprint density at radius 3 is 2.69 bits per heavy atom. The van der Waals surface area contributed by atoms with Crippen LogP contribution in [0.25, 0.3) is 22.0 Å². The van der Waals surface area contributed by atoms with Crippen molar-refractivity contribution in [2.75, 3.05) is 18.0 Å². The highest BCUT2D eigenvalue weighted by Crippen LogP contribution is 2.40. The van der Waals surface area contributed by atoms with Gasteiger partial charge >= 0.3 is 5.97 Å². The number of rotatable bonds is 3. The molecule has 4 rings (SSSR count). The Morgan fingerprint density at radius 1 is 1.17 bits per heavy atom. The molecule has 0 aliphatic carbocycles. The number of carboxylic acids is 1. The number of halogens is 4. The molecule has 2 heterocycles. The zero-order valence-corrected chi connectivity index (χ0v) is 16.5.